The molecule has 78 heavy (non-hydrogen) atoms. The number of nitrogens with zero attached hydrogens (tertiary/aromatic N) is 2. The first-order valence-corrected chi connectivity index (χ1v) is 29.4. The van der Waals surface area contributed by atoms with Gasteiger partial charge in [-0.25, -0.2) is 0 Å². The molecule has 0 saturated carbocycles. The van der Waals surface area contributed by atoms with E-state index in [0.717, 1.165) is 0 Å². The quantitative estimate of drug-likeness (QED) is 0.151. The summed E-state index contributed by atoms with van der Waals surface area (Å²) in [6, 6.07) is 70.0. The van der Waals surface area contributed by atoms with E-state index in [-0.39, 0.29) is 21.7 Å². The fourth-order valence-electron chi connectivity index (χ4n) is 11.8. The molecule has 0 N–H and O–H groups in total. The molecule has 0 fully saturated rings. The zero-order valence-electron chi connectivity index (χ0n) is 48.0. The normalized spacial score (nSPS) is 12.7. The fourth-order valence-corrected chi connectivity index (χ4v) is 13.9. The Hall–Kier alpha value is -7.24. The van der Waals surface area contributed by atoms with E-state index in [2.05, 4.69) is 288 Å². The molecule has 390 valence electrons. The Morgan fingerprint density at radius 3 is 0.897 bits per heavy atom. The van der Waals surface area contributed by atoms with Crippen LogP contribution in [-0.2, 0) is 21.7 Å². The van der Waals surface area contributed by atoms with Crippen molar-refractivity contribution in [3.05, 3.63) is 216 Å². The standard InChI is InChI=1S/C74H72N2S2/c1-45-69(49-19-29-57(30-20-49)73(9,10)11)61-41-51(47-15-25-55(26-16-47)71(3,4)5)23-35-63(61)75(45)59-33-37-65-53(39-59)43-67(77-65)68-44-54-40-60(34-38-66(54)78-68)76-46(2)70(50-21-31-58(32-22-50)74(12,13)14)62-42-52(24-36-64(62)76)48-17-27-56(28-18-48)72(6,7)8/h15-44H,1-14H3. The first kappa shape index (κ1) is 51.5. The van der Waals surface area contributed by atoms with Crippen LogP contribution in [0.2, 0.25) is 0 Å². The molecule has 2 nitrogen and oxygen atoms in total. The molecule has 0 atom stereocenters. The molecule has 0 radical (unpaired) electrons. The molecule has 4 heteroatoms. The second-order valence-corrected chi connectivity index (χ2v) is 28.2. The topological polar surface area (TPSA) is 9.86 Å². The van der Waals surface area contributed by atoms with Gasteiger partial charge in [0.2, 0.25) is 0 Å². The third kappa shape index (κ3) is 9.25. The number of thiophene rings is 2. The highest BCUT2D eigenvalue weighted by Crippen LogP contribution is 2.46. The Morgan fingerprint density at radius 1 is 0.295 bits per heavy atom. The van der Waals surface area contributed by atoms with Crippen molar-refractivity contribution >= 4 is 64.7 Å². The summed E-state index contributed by atoms with van der Waals surface area (Å²) in [5, 5.41) is 5.07. The number of benzene rings is 8. The summed E-state index contributed by atoms with van der Waals surface area (Å²) in [6.45, 7) is 32.0. The predicted molar refractivity (Wildman–Crippen MR) is 342 cm³/mol. The highest BCUT2D eigenvalue weighted by molar-refractivity contribution is 7.28. The minimum absolute atomic E-state index is 0.0788. The van der Waals surface area contributed by atoms with E-state index in [4.69, 9.17) is 0 Å². The van der Waals surface area contributed by atoms with Gasteiger partial charge in [-0.3, -0.25) is 0 Å². The second kappa shape index (κ2) is 18.7. The van der Waals surface area contributed by atoms with Gasteiger partial charge in [-0.1, -0.05) is 192 Å². The molecule has 4 aromatic heterocycles. The van der Waals surface area contributed by atoms with E-state index in [1.165, 1.54) is 141 Å². The summed E-state index contributed by atoms with van der Waals surface area (Å²) in [7, 11) is 0. The lowest BCUT2D eigenvalue weighted by atomic mass is 9.85. The molecular formula is C74H72N2S2. The van der Waals surface area contributed by atoms with E-state index in [0.29, 0.717) is 0 Å². The van der Waals surface area contributed by atoms with Crippen molar-refractivity contribution in [2.75, 3.05) is 0 Å². The summed E-state index contributed by atoms with van der Waals surface area (Å²) >= 11 is 3.78. The molecule has 12 rings (SSSR count). The van der Waals surface area contributed by atoms with Crippen LogP contribution in [-0.4, -0.2) is 9.13 Å². The van der Waals surface area contributed by atoms with Crippen LogP contribution in [0.15, 0.2) is 182 Å². The molecule has 0 aliphatic carbocycles. The fraction of sp³-hybridized carbons (Fsp3) is 0.243. The van der Waals surface area contributed by atoms with Crippen molar-refractivity contribution in [3.63, 3.8) is 0 Å². The molecule has 12 aromatic rings. The average Bonchev–Trinajstić information content (AvgIpc) is 4.39. The van der Waals surface area contributed by atoms with Gasteiger partial charge in [0.25, 0.3) is 0 Å². The van der Waals surface area contributed by atoms with Crippen molar-refractivity contribution in [2.24, 2.45) is 0 Å². The first-order chi connectivity index (χ1) is 37.0. The lowest BCUT2D eigenvalue weighted by molar-refractivity contribution is 0.590. The number of fused-ring (bicyclic) bond motifs is 4. The Labute approximate surface area is 470 Å². The van der Waals surface area contributed by atoms with Crippen LogP contribution in [0.4, 0.5) is 0 Å². The molecule has 0 bridgehead atoms. The Bertz CT molecular complexity index is 3970. The zero-order valence-corrected chi connectivity index (χ0v) is 49.7. The zero-order chi connectivity index (χ0) is 54.8. The van der Waals surface area contributed by atoms with E-state index in [1.54, 1.807) is 0 Å². The van der Waals surface area contributed by atoms with Gasteiger partial charge in [0.1, 0.15) is 0 Å². The molecular weight excluding hydrogens is 981 g/mol. The largest absolute Gasteiger partial charge is 0.313 e. The van der Waals surface area contributed by atoms with E-state index < -0.39 is 0 Å². The monoisotopic (exact) mass is 1050 g/mol. The maximum Gasteiger partial charge on any atom is 0.0538 e. The summed E-state index contributed by atoms with van der Waals surface area (Å²) in [5.41, 5.74) is 23.0. The summed E-state index contributed by atoms with van der Waals surface area (Å²) in [6.07, 6.45) is 0. The Kier molecular flexibility index (Phi) is 12.4. The number of hydrogen-bond acceptors (Lipinski definition) is 2. The van der Waals surface area contributed by atoms with Crippen LogP contribution in [0.5, 0.6) is 0 Å². The van der Waals surface area contributed by atoms with Gasteiger partial charge in [-0.2, -0.15) is 0 Å². The summed E-state index contributed by atoms with van der Waals surface area (Å²) in [4.78, 5) is 2.60. The van der Waals surface area contributed by atoms with Crippen molar-refractivity contribution in [3.8, 4) is 65.6 Å². The van der Waals surface area contributed by atoms with Crippen LogP contribution < -0.4 is 0 Å². The Morgan fingerprint density at radius 2 is 0.590 bits per heavy atom. The number of rotatable bonds is 7. The molecule has 4 heterocycles. The molecule has 8 aromatic carbocycles. The number of aromatic nitrogens is 2. The minimum atomic E-state index is 0.0788. The van der Waals surface area contributed by atoms with E-state index >= 15 is 0 Å². The van der Waals surface area contributed by atoms with Gasteiger partial charge < -0.3 is 9.13 Å². The van der Waals surface area contributed by atoms with Gasteiger partial charge in [-0.15, -0.1) is 22.7 Å². The summed E-state index contributed by atoms with van der Waals surface area (Å²) < 4.78 is 7.55. The molecule has 0 saturated heterocycles. The lowest BCUT2D eigenvalue weighted by Gasteiger charge is -2.19. The molecule has 0 aliphatic heterocycles. The van der Waals surface area contributed by atoms with Gasteiger partial charge in [0.15, 0.2) is 0 Å². The first-order valence-electron chi connectivity index (χ1n) is 27.8. The highest BCUT2D eigenvalue weighted by Gasteiger charge is 2.24. The average molecular weight is 1050 g/mol. The van der Waals surface area contributed by atoms with Crippen molar-refractivity contribution < 1.29 is 0 Å². The molecule has 0 unspecified atom stereocenters. The third-order valence-electron chi connectivity index (χ3n) is 16.4. The van der Waals surface area contributed by atoms with E-state index in [9.17, 15) is 0 Å². The lowest BCUT2D eigenvalue weighted by Crippen LogP contribution is -2.10. The maximum atomic E-state index is 2.48. The predicted octanol–water partition coefficient (Wildman–Crippen LogP) is 22.1. The maximum absolute atomic E-state index is 2.48. The second-order valence-electron chi connectivity index (χ2n) is 26.0. The van der Waals surface area contributed by atoms with Gasteiger partial charge in [0.05, 0.1) is 11.0 Å². The van der Waals surface area contributed by atoms with Crippen molar-refractivity contribution in [1.82, 2.24) is 9.13 Å². The number of hydrogen-bond donors (Lipinski definition) is 0. The van der Waals surface area contributed by atoms with Crippen LogP contribution in [0, 0.1) is 13.8 Å². The molecule has 0 amide bonds. The van der Waals surface area contributed by atoms with Gasteiger partial charge in [-0.05, 0) is 175 Å². The smallest absolute Gasteiger partial charge is 0.0538 e. The van der Waals surface area contributed by atoms with Crippen LogP contribution in [0.25, 0.3) is 108 Å². The third-order valence-corrected chi connectivity index (χ3v) is 18.8. The van der Waals surface area contributed by atoms with Gasteiger partial charge in [0, 0.05) is 63.8 Å². The minimum Gasteiger partial charge on any atom is -0.313 e. The molecule has 0 spiro atoms. The van der Waals surface area contributed by atoms with Crippen molar-refractivity contribution in [2.45, 2.75) is 119 Å². The highest BCUT2D eigenvalue weighted by atomic mass is 32.1. The van der Waals surface area contributed by atoms with Crippen LogP contribution in [0.3, 0.4) is 0 Å². The summed E-state index contributed by atoms with van der Waals surface area (Å²) in [5.74, 6) is 0. The van der Waals surface area contributed by atoms with Crippen LogP contribution in [0.1, 0.15) is 117 Å². The van der Waals surface area contributed by atoms with Crippen LogP contribution >= 0.6 is 22.7 Å². The van der Waals surface area contributed by atoms with Crippen molar-refractivity contribution in [1.29, 1.82) is 0 Å². The molecule has 0 aliphatic rings. The van der Waals surface area contributed by atoms with E-state index in [1.807, 2.05) is 22.7 Å². The Balaban J connectivity index is 0.920. The van der Waals surface area contributed by atoms with Gasteiger partial charge >= 0.3 is 0 Å². The SMILES string of the molecule is Cc1c(-c2ccc(C(C)(C)C)cc2)c2cc(-c3ccc(C(C)(C)C)cc3)ccc2n1-c1ccc2sc(-c3cc4cc(-n5c(C)c(-c6ccc(C(C)(C)C)cc6)c6cc(-c7ccc(C(C)(C)C)cc7)ccc65)ccc4s3)cc2c1.